The van der Waals surface area contributed by atoms with Crippen LogP contribution in [0.5, 0.6) is 5.75 Å². The number of carbonyl (C=O) groups is 1. The molecule has 0 radical (unpaired) electrons. The molecule has 1 saturated carbocycles. The van der Waals surface area contributed by atoms with Gasteiger partial charge in [0.15, 0.2) is 0 Å². The number of likely N-dealkylation sites (N-methyl/N-ethyl adjacent to an activating group) is 1. The van der Waals surface area contributed by atoms with E-state index in [0.29, 0.717) is 23.8 Å². The number of halogens is 2. The van der Waals surface area contributed by atoms with Crippen LogP contribution in [0.1, 0.15) is 56.1 Å². The van der Waals surface area contributed by atoms with E-state index in [1.165, 1.54) is 19.2 Å². The summed E-state index contributed by atoms with van der Waals surface area (Å²) in [6.07, 6.45) is 2.20. The van der Waals surface area contributed by atoms with Crippen molar-refractivity contribution in [1.29, 1.82) is 0 Å². The fraction of sp³-hybridized carbons (Fsp3) is 0.538. The van der Waals surface area contributed by atoms with Crippen LogP contribution in [-0.4, -0.2) is 61.7 Å². The second-order valence-corrected chi connectivity index (χ2v) is 10.0. The highest BCUT2D eigenvalue weighted by Gasteiger charge is 2.39. The van der Waals surface area contributed by atoms with Crippen molar-refractivity contribution in [3.05, 3.63) is 47.0 Å². The van der Waals surface area contributed by atoms with Gasteiger partial charge in [-0.3, -0.25) is 14.6 Å². The molecule has 1 aromatic heterocycles. The standard InChI is InChI=1S/C26H32F2N4O2/c1-15-12-31(13-16(2)30(15)3)23-8-7-20(17-5-6-17)26(29-23)32-14-18(9-24(32)33)25-21(27)10-19(34-4)11-22(25)28/h7-8,10-11,15-18H,5-6,9,12-14H2,1-4H3. The second-order valence-electron chi connectivity index (χ2n) is 10.0. The topological polar surface area (TPSA) is 48.9 Å². The van der Waals surface area contributed by atoms with Crippen molar-refractivity contribution in [2.75, 3.05) is 43.6 Å². The molecule has 182 valence electrons. The average Bonchev–Trinajstić information content (AvgIpc) is 3.58. The zero-order chi connectivity index (χ0) is 24.1. The van der Waals surface area contributed by atoms with E-state index < -0.39 is 17.6 Å². The summed E-state index contributed by atoms with van der Waals surface area (Å²) in [6, 6.07) is 7.28. The lowest BCUT2D eigenvalue weighted by Gasteiger charge is -2.43. The van der Waals surface area contributed by atoms with Crippen molar-refractivity contribution in [3.8, 4) is 5.75 Å². The zero-order valence-electron chi connectivity index (χ0n) is 20.2. The van der Waals surface area contributed by atoms with Crippen LogP contribution in [-0.2, 0) is 4.79 Å². The second kappa shape index (κ2) is 8.80. The van der Waals surface area contributed by atoms with E-state index in [9.17, 15) is 13.6 Å². The molecule has 1 amide bonds. The van der Waals surface area contributed by atoms with Crippen LogP contribution in [0.4, 0.5) is 20.4 Å². The molecule has 0 bridgehead atoms. The summed E-state index contributed by atoms with van der Waals surface area (Å²) >= 11 is 0. The highest BCUT2D eigenvalue weighted by atomic mass is 19.1. The number of carbonyl (C=O) groups excluding carboxylic acids is 1. The monoisotopic (exact) mass is 470 g/mol. The maximum Gasteiger partial charge on any atom is 0.228 e. The predicted octanol–water partition coefficient (Wildman–Crippen LogP) is 4.30. The minimum absolute atomic E-state index is 0.0532. The van der Waals surface area contributed by atoms with Crippen LogP contribution in [0, 0.1) is 11.6 Å². The van der Waals surface area contributed by atoms with E-state index >= 15 is 0 Å². The lowest BCUT2D eigenvalue weighted by Crippen LogP contribution is -2.55. The van der Waals surface area contributed by atoms with Crippen LogP contribution < -0.4 is 14.5 Å². The maximum absolute atomic E-state index is 14.8. The first-order chi connectivity index (χ1) is 16.3. The van der Waals surface area contributed by atoms with Gasteiger partial charge in [0, 0.05) is 61.8 Å². The molecule has 2 aliphatic heterocycles. The van der Waals surface area contributed by atoms with Crippen LogP contribution in [0.3, 0.4) is 0 Å². The summed E-state index contributed by atoms with van der Waals surface area (Å²) in [5.74, 6) is -0.0533. The van der Waals surface area contributed by atoms with E-state index in [1.54, 1.807) is 4.90 Å². The first-order valence-corrected chi connectivity index (χ1v) is 12.1. The number of pyridine rings is 1. The van der Waals surface area contributed by atoms with Gasteiger partial charge in [-0.15, -0.1) is 0 Å². The third kappa shape index (κ3) is 4.13. The van der Waals surface area contributed by atoms with E-state index in [4.69, 9.17) is 9.72 Å². The van der Waals surface area contributed by atoms with Crippen LogP contribution >= 0.6 is 0 Å². The predicted molar refractivity (Wildman–Crippen MR) is 128 cm³/mol. The molecule has 34 heavy (non-hydrogen) atoms. The van der Waals surface area contributed by atoms with E-state index in [-0.39, 0.29) is 30.2 Å². The Bertz CT molecular complexity index is 1070. The fourth-order valence-corrected chi connectivity index (χ4v) is 5.32. The molecule has 2 aromatic rings. The molecule has 2 saturated heterocycles. The molecule has 8 heteroatoms. The summed E-state index contributed by atoms with van der Waals surface area (Å²) in [5, 5.41) is 0. The number of piperazine rings is 1. The van der Waals surface area contributed by atoms with Gasteiger partial charge in [0.2, 0.25) is 5.91 Å². The third-order valence-corrected chi connectivity index (χ3v) is 7.67. The summed E-state index contributed by atoms with van der Waals surface area (Å²) in [4.78, 5) is 24.4. The molecular weight excluding hydrogens is 438 g/mol. The van der Waals surface area contributed by atoms with Crippen LogP contribution in [0.25, 0.3) is 0 Å². The quantitative estimate of drug-likeness (QED) is 0.652. The lowest BCUT2D eigenvalue weighted by atomic mass is 9.97. The van der Waals surface area contributed by atoms with Gasteiger partial charge in [-0.1, -0.05) is 6.07 Å². The number of hydrogen-bond donors (Lipinski definition) is 0. The van der Waals surface area contributed by atoms with Gasteiger partial charge < -0.3 is 9.64 Å². The van der Waals surface area contributed by atoms with Gasteiger partial charge in [0.05, 0.1) is 7.11 Å². The van der Waals surface area contributed by atoms with Gasteiger partial charge >= 0.3 is 0 Å². The van der Waals surface area contributed by atoms with Gasteiger partial charge in [-0.05, 0) is 51.3 Å². The Hall–Kier alpha value is -2.74. The number of methoxy groups -OCH3 is 1. The lowest BCUT2D eigenvalue weighted by molar-refractivity contribution is -0.117. The third-order valence-electron chi connectivity index (χ3n) is 7.67. The number of nitrogens with zero attached hydrogens (tertiary/aromatic N) is 4. The van der Waals surface area contributed by atoms with Crippen molar-refractivity contribution >= 4 is 17.5 Å². The SMILES string of the molecule is COc1cc(F)c(C2CC(=O)N(c3nc(N4CC(C)N(C)C(C)C4)ccc3C3CC3)C2)c(F)c1. The van der Waals surface area contributed by atoms with E-state index in [0.717, 1.165) is 37.3 Å². The molecule has 3 unspecified atom stereocenters. The summed E-state index contributed by atoms with van der Waals surface area (Å²) in [7, 11) is 3.51. The smallest absolute Gasteiger partial charge is 0.228 e. The number of aromatic nitrogens is 1. The number of rotatable bonds is 5. The minimum atomic E-state index is -0.680. The van der Waals surface area contributed by atoms with Gasteiger partial charge in [-0.25, -0.2) is 13.8 Å². The fourth-order valence-electron chi connectivity index (χ4n) is 5.32. The van der Waals surface area contributed by atoms with Gasteiger partial charge in [0.25, 0.3) is 0 Å². The molecule has 0 N–H and O–H groups in total. The van der Waals surface area contributed by atoms with Crippen molar-refractivity contribution in [2.45, 2.75) is 57.0 Å². The highest BCUT2D eigenvalue weighted by Crippen LogP contribution is 2.46. The molecule has 6 nitrogen and oxygen atoms in total. The Balaban J connectivity index is 1.46. The molecule has 3 fully saturated rings. The Labute approximate surface area is 199 Å². The van der Waals surface area contributed by atoms with Crippen molar-refractivity contribution in [2.24, 2.45) is 0 Å². The molecular formula is C26H32F2N4O2. The molecule has 1 aromatic carbocycles. The Morgan fingerprint density at radius 3 is 2.24 bits per heavy atom. The number of hydrogen-bond acceptors (Lipinski definition) is 5. The van der Waals surface area contributed by atoms with Crippen molar-refractivity contribution in [3.63, 3.8) is 0 Å². The van der Waals surface area contributed by atoms with Crippen LogP contribution in [0.2, 0.25) is 0 Å². The number of benzene rings is 1. The largest absolute Gasteiger partial charge is 0.497 e. The molecule has 3 atom stereocenters. The average molecular weight is 471 g/mol. The summed E-state index contributed by atoms with van der Waals surface area (Å²) in [5.41, 5.74) is 1.01. The number of ether oxygens (including phenoxy) is 1. The van der Waals surface area contributed by atoms with E-state index in [1.807, 2.05) is 0 Å². The number of amides is 1. The first-order valence-electron chi connectivity index (χ1n) is 12.1. The summed E-state index contributed by atoms with van der Waals surface area (Å²) < 4.78 is 34.5. The molecule has 0 spiro atoms. The van der Waals surface area contributed by atoms with Crippen LogP contribution in [0.15, 0.2) is 24.3 Å². The zero-order valence-corrected chi connectivity index (χ0v) is 20.2. The van der Waals surface area contributed by atoms with Crippen molar-refractivity contribution < 1.29 is 18.3 Å². The molecule has 3 aliphatic rings. The normalized spacial score (nSPS) is 25.8. The highest BCUT2D eigenvalue weighted by molar-refractivity contribution is 5.96. The van der Waals surface area contributed by atoms with Gasteiger partial charge in [-0.2, -0.15) is 0 Å². The summed E-state index contributed by atoms with van der Waals surface area (Å²) in [6.45, 7) is 6.33. The van der Waals surface area contributed by atoms with Crippen molar-refractivity contribution in [1.82, 2.24) is 9.88 Å². The molecule has 1 aliphatic carbocycles. The Morgan fingerprint density at radius 2 is 1.65 bits per heavy atom. The molecule has 5 rings (SSSR count). The first kappa shape index (κ1) is 23.0. The van der Waals surface area contributed by atoms with Gasteiger partial charge in [0.1, 0.15) is 29.0 Å². The number of anilines is 2. The minimum Gasteiger partial charge on any atom is -0.497 e. The Morgan fingerprint density at radius 1 is 1.00 bits per heavy atom. The molecule has 3 heterocycles. The van der Waals surface area contributed by atoms with E-state index in [2.05, 4.69) is 42.8 Å². The maximum atomic E-state index is 14.8. The Kier molecular flexibility index (Phi) is 5.96.